The van der Waals surface area contributed by atoms with E-state index in [4.69, 9.17) is 4.42 Å². The fraction of sp³-hybridized carbons (Fsp3) is 0.550. The van der Waals surface area contributed by atoms with Crippen molar-refractivity contribution in [2.24, 2.45) is 0 Å². The molecule has 2 aliphatic rings. The van der Waals surface area contributed by atoms with Crippen molar-refractivity contribution in [1.82, 2.24) is 9.80 Å². The number of rotatable bonds is 4. The molecule has 0 amide bonds. The predicted octanol–water partition coefficient (Wildman–Crippen LogP) is 2.13. The molecule has 25 heavy (non-hydrogen) atoms. The Hall–Kier alpha value is -1.69. The van der Waals surface area contributed by atoms with Crippen molar-refractivity contribution in [2.45, 2.75) is 44.8 Å². The molecule has 3 heterocycles. The molecule has 2 aliphatic heterocycles. The van der Waals surface area contributed by atoms with Crippen molar-refractivity contribution >= 4 is 11.0 Å². The molecule has 134 valence electrons. The van der Waals surface area contributed by atoms with Crippen molar-refractivity contribution < 1.29 is 9.52 Å². The lowest BCUT2D eigenvalue weighted by atomic mass is 10.0. The molecule has 0 saturated carbocycles. The van der Waals surface area contributed by atoms with Crippen molar-refractivity contribution in [3.05, 3.63) is 45.8 Å². The van der Waals surface area contributed by atoms with E-state index in [9.17, 15) is 9.90 Å². The molecule has 0 aliphatic carbocycles. The van der Waals surface area contributed by atoms with E-state index >= 15 is 0 Å². The number of benzene rings is 1. The summed E-state index contributed by atoms with van der Waals surface area (Å²) in [6, 6.07) is 6.62. The van der Waals surface area contributed by atoms with Crippen molar-refractivity contribution in [1.29, 1.82) is 0 Å². The van der Waals surface area contributed by atoms with Gasteiger partial charge in [-0.1, -0.05) is 11.6 Å². The van der Waals surface area contributed by atoms with Crippen LogP contribution in [0.5, 0.6) is 0 Å². The molecule has 0 radical (unpaired) electrons. The fourth-order valence-corrected chi connectivity index (χ4v) is 4.38. The number of aliphatic hydroxyl groups is 1. The lowest BCUT2D eigenvalue weighted by molar-refractivity contribution is 0.0329. The zero-order chi connectivity index (χ0) is 17.4. The van der Waals surface area contributed by atoms with Gasteiger partial charge in [0.1, 0.15) is 5.58 Å². The van der Waals surface area contributed by atoms with Gasteiger partial charge in [0.2, 0.25) is 0 Å². The highest BCUT2D eigenvalue weighted by Crippen LogP contribution is 2.27. The molecule has 2 aromatic rings. The summed E-state index contributed by atoms with van der Waals surface area (Å²) in [5, 5.41) is 10.1. The molecule has 0 bridgehead atoms. The van der Waals surface area contributed by atoms with Gasteiger partial charge in [0.15, 0.2) is 5.43 Å². The summed E-state index contributed by atoms with van der Waals surface area (Å²) in [5.74, 6) is 0. The molecule has 2 saturated heterocycles. The second-order valence-electron chi connectivity index (χ2n) is 7.48. The van der Waals surface area contributed by atoms with Crippen LogP contribution in [0.2, 0.25) is 0 Å². The topological polar surface area (TPSA) is 56.9 Å². The minimum absolute atomic E-state index is 0.0709. The van der Waals surface area contributed by atoms with Crippen molar-refractivity contribution in [3.8, 4) is 0 Å². The maximum atomic E-state index is 12.9. The second kappa shape index (κ2) is 6.90. The summed E-state index contributed by atoms with van der Waals surface area (Å²) < 4.78 is 5.72. The Morgan fingerprint density at radius 2 is 2.20 bits per heavy atom. The standard InChI is InChI=1S/C20H26N2O3/c1-14-4-5-19-18(9-14)20(24)15(13-25-19)10-22-12-16-3-2-7-21(16)11-17(22)6-8-23/h4-5,9,13,16-17,23H,2-3,6-8,10-12H2,1H3/t16-,17-/m0/s1. The minimum atomic E-state index is 0.0709. The first kappa shape index (κ1) is 16.8. The molecule has 1 N–H and O–H groups in total. The number of aliphatic hydroxyl groups excluding tert-OH is 1. The van der Waals surface area contributed by atoms with Gasteiger partial charge in [-0.05, 0) is 44.9 Å². The highest BCUT2D eigenvalue weighted by atomic mass is 16.3. The minimum Gasteiger partial charge on any atom is -0.464 e. The monoisotopic (exact) mass is 342 g/mol. The van der Waals surface area contributed by atoms with Crippen LogP contribution in [-0.4, -0.2) is 53.2 Å². The number of hydrogen-bond acceptors (Lipinski definition) is 5. The van der Waals surface area contributed by atoms with Gasteiger partial charge in [-0.15, -0.1) is 0 Å². The van der Waals surface area contributed by atoms with Crippen LogP contribution < -0.4 is 5.43 Å². The zero-order valence-electron chi connectivity index (χ0n) is 14.8. The van der Waals surface area contributed by atoms with Gasteiger partial charge in [0, 0.05) is 43.9 Å². The number of aryl methyl sites for hydroxylation is 1. The first-order valence-electron chi connectivity index (χ1n) is 9.25. The summed E-state index contributed by atoms with van der Waals surface area (Å²) in [5.41, 5.74) is 2.50. The van der Waals surface area contributed by atoms with E-state index in [1.807, 2.05) is 25.1 Å². The largest absolute Gasteiger partial charge is 0.464 e. The van der Waals surface area contributed by atoms with Gasteiger partial charge in [-0.3, -0.25) is 14.6 Å². The molecule has 1 aromatic carbocycles. The lowest BCUT2D eigenvalue weighted by Crippen LogP contribution is -2.56. The van der Waals surface area contributed by atoms with Crippen LogP contribution in [0.25, 0.3) is 11.0 Å². The van der Waals surface area contributed by atoms with E-state index in [0.29, 0.717) is 35.2 Å². The predicted molar refractivity (Wildman–Crippen MR) is 97.7 cm³/mol. The molecule has 0 spiro atoms. The van der Waals surface area contributed by atoms with Gasteiger partial charge in [0.25, 0.3) is 0 Å². The Morgan fingerprint density at radius 1 is 1.32 bits per heavy atom. The van der Waals surface area contributed by atoms with E-state index in [-0.39, 0.29) is 12.0 Å². The van der Waals surface area contributed by atoms with Crippen LogP contribution in [0, 0.1) is 6.92 Å². The summed E-state index contributed by atoms with van der Waals surface area (Å²) in [7, 11) is 0. The summed E-state index contributed by atoms with van der Waals surface area (Å²) >= 11 is 0. The number of nitrogens with zero attached hydrogens (tertiary/aromatic N) is 2. The summed E-state index contributed by atoms with van der Waals surface area (Å²) in [6.45, 7) is 5.89. The maximum Gasteiger partial charge on any atom is 0.197 e. The maximum absolute atomic E-state index is 12.9. The number of piperazine rings is 1. The van der Waals surface area contributed by atoms with Crippen LogP contribution in [0.1, 0.15) is 30.4 Å². The van der Waals surface area contributed by atoms with E-state index < -0.39 is 0 Å². The smallest absolute Gasteiger partial charge is 0.197 e. The first-order valence-corrected chi connectivity index (χ1v) is 9.25. The van der Waals surface area contributed by atoms with Gasteiger partial charge in [-0.25, -0.2) is 0 Å². The molecule has 5 nitrogen and oxygen atoms in total. The molecule has 1 aromatic heterocycles. The third kappa shape index (κ3) is 3.24. The van der Waals surface area contributed by atoms with Gasteiger partial charge >= 0.3 is 0 Å². The van der Waals surface area contributed by atoms with Gasteiger partial charge in [0.05, 0.1) is 11.6 Å². The molecular formula is C20H26N2O3. The van der Waals surface area contributed by atoms with E-state index in [0.717, 1.165) is 31.6 Å². The fourth-order valence-electron chi connectivity index (χ4n) is 4.38. The van der Waals surface area contributed by atoms with E-state index in [1.54, 1.807) is 6.26 Å². The van der Waals surface area contributed by atoms with Gasteiger partial charge < -0.3 is 9.52 Å². The highest BCUT2D eigenvalue weighted by molar-refractivity contribution is 5.77. The third-order valence-electron chi connectivity index (χ3n) is 5.74. The van der Waals surface area contributed by atoms with Crippen LogP contribution in [-0.2, 0) is 6.54 Å². The summed E-state index contributed by atoms with van der Waals surface area (Å²) in [4.78, 5) is 17.8. The molecule has 2 atom stereocenters. The quantitative estimate of drug-likeness (QED) is 0.922. The number of hydrogen-bond donors (Lipinski definition) is 1. The van der Waals surface area contributed by atoms with Gasteiger partial charge in [-0.2, -0.15) is 0 Å². The zero-order valence-corrected chi connectivity index (χ0v) is 14.8. The first-order chi connectivity index (χ1) is 12.2. The Labute approximate surface area is 147 Å². The van der Waals surface area contributed by atoms with Crippen molar-refractivity contribution in [2.75, 3.05) is 26.2 Å². The SMILES string of the molecule is Cc1ccc2occ(CN3C[C@@H]4CCCN4C[C@@H]3CCO)c(=O)c2c1. The van der Waals surface area contributed by atoms with Crippen LogP contribution in [0.4, 0.5) is 0 Å². The second-order valence-corrected chi connectivity index (χ2v) is 7.48. The van der Waals surface area contributed by atoms with Crippen LogP contribution >= 0.6 is 0 Å². The molecule has 4 rings (SSSR count). The lowest BCUT2D eigenvalue weighted by Gasteiger charge is -2.43. The Balaban J connectivity index is 1.62. The van der Waals surface area contributed by atoms with Crippen LogP contribution in [0.15, 0.2) is 33.7 Å². The third-order valence-corrected chi connectivity index (χ3v) is 5.74. The van der Waals surface area contributed by atoms with E-state index in [1.165, 1.54) is 12.8 Å². The Bertz CT molecular complexity index is 816. The van der Waals surface area contributed by atoms with Crippen molar-refractivity contribution in [3.63, 3.8) is 0 Å². The van der Waals surface area contributed by atoms with Crippen LogP contribution in [0.3, 0.4) is 0 Å². The molecular weight excluding hydrogens is 316 g/mol. The Kier molecular flexibility index (Phi) is 4.63. The average molecular weight is 342 g/mol. The highest BCUT2D eigenvalue weighted by Gasteiger charge is 2.36. The summed E-state index contributed by atoms with van der Waals surface area (Å²) in [6.07, 6.45) is 4.86. The Morgan fingerprint density at radius 3 is 3.04 bits per heavy atom. The molecule has 0 unspecified atom stereocenters. The number of fused-ring (bicyclic) bond motifs is 2. The average Bonchev–Trinajstić information content (AvgIpc) is 3.05. The normalized spacial score (nSPS) is 24.7. The van der Waals surface area contributed by atoms with E-state index in [2.05, 4.69) is 9.80 Å². The molecule has 5 heteroatoms. The molecule has 2 fully saturated rings.